The quantitative estimate of drug-likeness (QED) is 0.742. The van der Waals surface area contributed by atoms with Crippen LogP contribution in [-0.4, -0.2) is 11.1 Å². The predicted octanol–water partition coefficient (Wildman–Crippen LogP) is 5.65. The smallest absolute Gasteiger partial charge is 0.300 e. The topological polar surface area (TPSA) is 37.3 Å². The van der Waals surface area contributed by atoms with Gasteiger partial charge in [0.15, 0.2) is 0 Å². The molecule has 0 heterocycles. The van der Waals surface area contributed by atoms with Gasteiger partial charge in [-0.3, -0.25) is 4.79 Å². The van der Waals surface area contributed by atoms with Gasteiger partial charge in [0.2, 0.25) is 0 Å². The molecule has 2 aromatic rings. The van der Waals surface area contributed by atoms with E-state index in [1.54, 1.807) is 0 Å². The predicted molar refractivity (Wildman–Crippen MR) is 91.2 cm³/mol. The molecule has 0 aliphatic rings. The first-order chi connectivity index (χ1) is 9.81. The molecule has 112 valence electrons. The monoisotopic (exact) mass is 368 g/mol. The lowest BCUT2D eigenvalue weighted by molar-refractivity contribution is -0.134. The van der Waals surface area contributed by atoms with Gasteiger partial charge in [0.25, 0.3) is 5.97 Å². The summed E-state index contributed by atoms with van der Waals surface area (Å²) in [5, 5.41) is 8.25. The van der Waals surface area contributed by atoms with Gasteiger partial charge >= 0.3 is 0 Å². The Labute approximate surface area is 138 Å². The molecule has 21 heavy (non-hydrogen) atoms. The zero-order valence-electron chi connectivity index (χ0n) is 12.2. The fourth-order valence-corrected chi connectivity index (χ4v) is 2.26. The maximum Gasteiger partial charge on any atom is 0.300 e. The SMILES string of the molecule is CC(=O)O.Cc1cc(C(C)c2ccc(Br)cc2)ccc1Cl. The average Bonchev–Trinajstić information content (AvgIpc) is 2.41. The molecule has 4 heteroatoms. The number of hydrogen-bond acceptors (Lipinski definition) is 1. The van der Waals surface area contributed by atoms with Crippen molar-refractivity contribution in [2.75, 3.05) is 0 Å². The van der Waals surface area contributed by atoms with Crippen LogP contribution in [0.2, 0.25) is 5.02 Å². The Bertz CT molecular complexity index is 605. The van der Waals surface area contributed by atoms with Gasteiger partial charge in [0.1, 0.15) is 0 Å². The first-order valence-electron chi connectivity index (χ1n) is 6.52. The van der Waals surface area contributed by atoms with Crippen LogP contribution in [0.3, 0.4) is 0 Å². The zero-order chi connectivity index (χ0) is 16.0. The van der Waals surface area contributed by atoms with Crippen molar-refractivity contribution < 1.29 is 9.90 Å². The molecular formula is C17H18BrClO2. The maximum absolute atomic E-state index is 9.00. The lowest BCUT2D eigenvalue weighted by Crippen LogP contribution is -1.96. The summed E-state index contributed by atoms with van der Waals surface area (Å²) in [5.41, 5.74) is 3.75. The van der Waals surface area contributed by atoms with E-state index in [9.17, 15) is 0 Å². The highest BCUT2D eigenvalue weighted by Gasteiger charge is 2.09. The van der Waals surface area contributed by atoms with Crippen molar-refractivity contribution in [1.82, 2.24) is 0 Å². The normalized spacial score (nSPS) is 11.3. The summed E-state index contributed by atoms with van der Waals surface area (Å²) < 4.78 is 1.11. The second kappa shape index (κ2) is 8.20. The number of benzene rings is 2. The van der Waals surface area contributed by atoms with Gasteiger partial charge in [-0.15, -0.1) is 0 Å². The standard InChI is InChI=1S/C15H14BrCl.C2H4O2/c1-10-9-13(5-8-15(10)17)11(2)12-3-6-14(16)7-4-12;1-2(3)4/h3-9,11H,1-2H3;1H3,(H,3,4). The minimum absolute atomic E-state index is 0.388. The van der Waals surface area contributed by atoms with Crippen LogP contribution in [0.1, 0.15) is 36.5 Å². The lowest BCUT2D eigenvalue weighted by Gasteiger charge is -2.13. The van der Waals surface area contributed by atoms with Crippen molar-refractivity contribution >= 4 is 33.5 Å². The first kappa shape index (κ1) is 17.7. The molecule has 0 radical (unpaired) electrons. The Kier molecular flexibility index (Phi) is 6.93. The van der Waals surface area contributed by atoms with Crippen molar-refractivity contribution in [2.45, 2.75) is 26.7 Å². The number of halogens is 2. The average molecular weight is 370 g/mol. The van der Waals surface area contributed by atoms with Gasteiger partial charge in [-0.25, -0.2) is 0 Å². The van der Waals surface area contributed by atoms with Crippen molar-refractivity contribution in [3.63, 3.8) is 0 Å². The summed E-state index contributed by atoms with van der Waals surface area (Å²) in [7, 11) is 0. The van der Waals surface area contributed by atoms with E-state index >= 15 is 0 Å². The van der Waals surface area contributed by atoms with Crippen LogP contribution in [0.5, 0.6) is 0 Å². The number of aliphatic carboxylic acids is 1. The second-order valence-corrected chi connectivity index (χ2v) is 6.12. The Morgan fingerprint density at radius 2 is 1.62 bits per heavy atom. The first-order valence-corrected chi connectivity index (χ1v) is 7.69. The largest absolute Gasteiger partial charge is 0.481 e. The number of aryl methyl sites for hydroxylation is 1. The number of hydrogen-bond donors (Lipinski definition) is 1. The summed E-state index contributed by atoms with van der Waals surface area (Å²) in [4.78, 5) is 9.00. The molecule has 2 rings (SSSR count). The van der Waals surface area contributed by atoms with E-state index in [4.69, 9.17) is 21.5 Å². The van der Waals surface area contributed by atoms with Crippen LogP contribution in [0.25, 0.3) is 0 Å². The highest BCUT2D eigenvalue weighted by molar-refractivity contribution is 9.10. The van der Waals surface area contributed by atoms with Gasteiger partial charge < -0.3 is 5.11 Å². The van der Waals surface area contributed by atoms with Crippen LogP contribution in [0, 0.1) is 6.92 Å². The molecule has 0 aliphatic carbocycles. The Balaban J connectivity index is 0.000000491. The molecule has 2 nitrogen and oxygen atoms in total. The summed E-state index contributed by atoms with van der Waals surface area (Å²) in [5.74, 6) is -0.445. The summed E-state index contributed by atoms with van der Waals surface area (Å²) in [6.07, 6.45) is 0. The molecule has 2 aromatic carbocycles. The van der Waals surface area contributed by atoms with Crippen LogP contribution in [-0.2, 0) is 4.79 Å². The van der Waals surface area contributed by atoms with E-state index < -0.39 is 5.97 Å². The fraction of sp³-hybridized carbons (Fsp3) is 0.235. The third kappa shape index (κ3) is 5.90. The van der Waals surface area contributed by atoms with Crippen molar-refractivity contribution in [3.05, 3.63) is 68.7 Å². The molecule has 1 unspecified atom stereocenters. The molecule has 0 amide bonds. The minimum atomic E-state index is -0.833. The van der Waals surface area contributed by atoms with Gasteiger partial charge in [0.05, 0.1) is 0 Å². The number of carbonyl (C=O) groups is 1. The lowest BCUT2D eigenvalue weighted by atomic mass is 9.92. The second-order valence-electron chi connectivity index (χ2n) is 4.80. The molecule has 0 saturated heterocycles. The number of carboxylic acid groups (broad SMARTS) is 1. The molecule has 1 N–H and O–H groups in total. The summed E-state index contributed by atoms with van der Waals surface area (Å²) in [6.45, 7) is 5.34. The zero-order valence-corrected chi connectivity index (χ0v) is 14.6. The highest BCUT2D eigenvalue weighted by atomic mass is 79.9. The molecule has 0 aromatic heterocycles. The van der Waals surface area contributed by atoms with E-state index in [0.29, 0.717) is 5.92 Å². The van der Waals surface area contributed by atoms with E-state index in [-0.39, 0.29) is 0 Å². The number of rotatable bonds is 2. The van der Waals surface area contributed by atoms with Crippen LogP contribution in [0.4, 0.5) is 0 Å². The minimum Gasteiger partial charge on any atom is -0.481 e. The van der Waals surface area contributed by atoms with Gasteiger partial charge in [-0.1, -0.05) is 58.7 Å². The maximum atomic E-state index is 9.00. The Morgan fingerprint density at radius 1 is 1.14 bits per heavy atom. The van der Waals surface area contributed by atoms with Gasteiger partial charge in [-0.2, -0.15) is 0 Å². The number of carboxylic acids is 1. The van der Waals surface area contributed by atoms with Crippen LogP contribution < -0.4 is 0 Å². The van der Waals surface area contributed by atoms with E-state index in [0.717, 1.165) is 22.0 Å². The van der Waals surface area contributed by atoms with E-state index in [1.165, 1.54) is 11.1 Å². The Morgan fingerprint density at radius 3 is 2.10 bits per heavy atom. The van der Waals surface area contributed by atoms with Gasteiger partial charge in [0, 0.05) is 22.3 Å². The molecule has 0 aliphatic heterocycles. The molecule has 0 bridgehead atoms. The summed E-state index contributed by atoms with van der Waals surface area (Å²) >= 11 is 9.50. The highest BCUT2D eigenvalue weighted by Crippen LogP contribution is 2.28. The molecule has 0 saturated carbocycles. The third-order valence-corrected chi connectivity index (χ3v) is 4.00. The molecular weight excluding hydrogens is 352 g/mol. The molecule has 0 fully saturated rings. The molecule has 0 spiro atoms. The van der Waals surface area contributed by atoms with Crippen LogP contribution in [0.15, 0.2) is 46.9 Å². The van der Waals surface area contributed by atoms with Crippen molar-refractivity contribution in [1.29, 1.82) is 0 Å². The van der Waals surface area contributed by atoms with E-state index in [2.05, 4.69) is 59.3 Å². The van der Waals surface area contributed by atoms with Crippen molar-refractivity contribution in [3.8, 4) is 0 Å². The van der Waals surface area contributed by atoms with Crippen LogP contribution >= 0.6 is 27.5 Å². The van der Waals surface area contributed by atoms with E-state index in [1.807, 2.05) is 13.0 Å². The molecule has 1 atom stereocenters. The van der Waals surface area contributed by atoms with Gasteiger partial charge in [-0.05, 0) is 41.8 Å². The Hall–Kier alpha value is -1.32. The third-order valence-electron chi connectivity index (χ3n) is 3.05. The fourth-order valence-electron chi connectivity index (χ4n) is 1.88. The summed E-state index contributed by atoms with van der Waals surface area (Å²) in [6, 6.07) is 14.7. The van der Waals surface area contributed by atoms with Crippen molar-refractivity contribution in [2.24, 2.45) is 0 Å².